The highest BCUT2D eigenvalue weighted by molar-refractivity contribution is 6.32. The first-order valence-electron chi connectivity index (χ1n) is 10.1. The summed E-state index contributed by atoms with van der Waals surface area (Å²) in [6.07, 6.45) is 1.64. The first-order chi connectivity index (χ1) is 13.8. The molecule has 3 rings (SSSR count). The van der Waals surface area contributed by atoms with Gasteiger partial charge in [-0.2, -0.15) is 0 Å². The minimum Gasteiger partial charge on any atom is -0.872 e. The van der Waals surface area contributed by atoms with Crippen LogP contribution in [0.3, 0.4) is 0 Å². The van der Waals surface area contributed by atoms with Crippen molar-refractivity contribution in [2.45, 2.75) is 34.2 Å². The van der Waals surface area contributed by atoms with E-state index in [0.717, 1.165) is 13.1 Å². The Morgan fingerprint density at radius 1 is 1.07 bits per heavy atom. The van der Waals surface area contributed by atoms with Crippen LogP contribution >= 0.6 is 11.6 Å². The summed E-state index contributed by atoms with van der Waals surface area (Å²) in [5, 5.41) is 13.2. The molecule has 0 bridgehead atoms. The van der Waals surface area contributed by atoms with Gasteiger partial charge < -0.3 is 14.7 Å². The monoisotopic (exact) mass is 413 g/mol. The van der Waals surface area contributed by atoms with Gasteiger partial charge in [-0.1, -0.05) is 69.3 Å². The Hall–Kier alpha value is -2.30. The van der Waals surface area contributed by atoms with E-state index in [1.165, 1.54) is 11.0 Å². The molecule has 0 aromatic heterocycles. The van der Waals surface area contributed by atoms with Gasteiger partial charge in [0.05, 0.1) is 18.7 Å². The number of carbonyl (C=O) groups excluding carboxylic acids is 1. The van der Waals surface area contributed by atoms with Gasteiger partial charge in [-0.25, -0.2) is 0 Å². The zero-order valence-corrected chi connectivity index (χ0v) is 18.2. The van der Waals surface area contributed by atoms with Gasteiger partial charge in [0, 0.05) is 22.4 Å². The lowest BCUT2D eigenvalue weighted by atomic mass is 10.0. The topological polar surface area (TPSA) is 53.8 Å². The molecular weight excluding hydrogens is 386 g/mol. The number of hydrogen-bond donors (Lipinski definition) is 1. The van der Waals surface area contributed by atoms with E-state index in [4.69, 9.17) is 16.3 Å². The Bertz CT molecular complexity index is 924. The third kappa shape index (κ3) is 5.01. The Labute approximate surface area is 177 Å². The van der Waals surface area contributed by atoms with Crippen LogP contribution in [0.1, 0.15) is 49.2 Å². The summed E-state index contributed by atoms with van der Waals surface area (Å²) in [4.78, 5) is 14.2. The number of allylic oxidation sites excluding steroid dienone is 1. The molecule has 0 unspecified atom stereocenters. The molecule has 0 spiro atoms. The SMILES string of the molecule is CC(C)C[NH+](Cc1c([O-])ccc2c1O/C(=C\c1ccccc1Cl)C2=O)CC(C)C. The number of hydrogen-bond acceptors (Lipinski definition) is 3. The molecule has 0 saturated heterocycles. The standard InChI is InChI=1S/C24H28ClNO3/c1-15(2)12-26(13-16(3)4)14-19-21(27)10-9-18-23(28)22(29-24(18)19)11-17-7-5-6-8-20(17)25/h5-11,15-16,27H,12-14H2,1-4H3/b22-11-. The van der Waals surface area contributed by atoms with Crippen molar-refractivity contribution >= 4 is 23.5 Å². The van der Waals surface area contributed by atoms with E-state index in [0.29, 0.717) is 45.8 Å². The number of quaternary nitrogens is 1. The average Bonchev–Trinajstić information content (AvgIpc) is 2.94. The van der Waals surface area contributed by atoms with Crippen LogP contribution in [0.15, 0.2) is 42.2 Å². The van der Waals surface area contributed by atoms with Crippen molar-refractivity contribution in [3.05, 3.63) is 63.9 Å². The van der Waals surface area contributed by atoms with Crippen LogP contribution in [0.4, 0.5) is 0 Å². The number of benzene rings is 2. The lowest BCUT2D eigenvalue weighted by Gasteiger charge is -2.26. The number of Topliss-reactive ketones (excluding diaryl/α,β-unsaturated/α-hetero) is 1. The molecule has 1 aliphatic heterocycles. The van der Waals surface area contributed by atoms with Crippen molar-refractivity contribution in [3.63, 3.8) is 0 Å². The van der Waals surface area contributed by atoms with E-state index in [2.05, 4.69) is 27.7 Å². The lowest BCUT2D eigenvalue weighted by Crippen LogP contribution is -3.11. The molecule has 0 amide bonds. The van der Waals surface area contributed by atoms with E-state index in [1.807, 2.05) is 18.2 Å². The molecule has 4 nitrogen and oxygen atoms in total. The molecule has 5 heteroatoms. The van der Waals surface area contributed by atoms with Crippen molar-refractivity contribution < 1.29 is 19.5 Å². The fraction of sp³-hybridized carbons (Fsp3) is 0.375. The highest BCUT2D eigenvalue weighted by Crippen LogP contribution is 2.38. The molecule has 154 valence electrons. The van der Waals surface area contributed by atoms with Gasteiger partial charge in [0.1, 0.15) is 12.3 Å². The Kier molecular flexibility index (Phi) is 6.66. The van der Waals surface area contributed by atoms with Crippen molar-refractivity contribution in [1.82, 2.24) is 0 Å². The van der Waals surface area contributed by atoms with Crippen molar-refractivity contribution in [3.8, 4) is 11.5 Å². The van der Waals surface area contributed by atoms with E-state index in [-0.39, 0.29) is 17.3 Å². The van der Waals surface area contributed by atoms with E-state index in [9.17, 15) is 9.90 Å². The van der Waals surface area contributed by atoms with Gasteiger partial charge in [0.25, 0.3) is 0 Å². The summed E-state index contributed by atoms with van der Waals surface area (Å²) < 4.78 is 5.94. The molecule has 0 saturated carbocycles. The maximum Gasteiger partial charge on any atom is 0.231 e. The fourth-order valence-corrected chi connectivity index (χ4v) is 4.01. The summed E-state index contributed by atoms with van der Waals surface area (Å²) in [5.41, 5.74) is 1.74. The van der Waals surface area contributed by atoms with Crippen molar-refractivity contribution in [2.24, 2.45) is 11.8 Å². The summed E-state index contributed by atoms with van der Waals surface area (Å²) >= 11 is 6.22. The fourth-order valence-electron chi connectivity index (χ4n) is 3.82. The summed E-state index contributed by atoms with van der Waals surface area (Å²) in [7, 11) is 0. The molecule has 2 aromatic carbocycles. The molecule has 2 aromatic rings. The molecule has 0 aliphatic carbocycles. The summed E-state index contributed by atoms with van der Waals surface area (Å²) in [6, 6.07) is 10.3. The van der Waals surface area contributed by atoms with Crippen LogP contribution in [-0.4, -0.2) is 18.9 Å². The smallest absolute Gasteiger partial charge is 0.231 e. The summed E-state index contributed by atoms with van der Waals surface area (Å²) in [5.74, 6) is 1.33. The van der Waals surface area contributed by atoms with Gasteiger partial charge in [-0.3, -0.25) is 4.79 Å². The Morgan fingerprint density at radius 2 is 1.72 bits per heavy atom. The Morgan fingerprint density at radius 3 is 2.34 bits per heavy atom. The first-order valence-corrected chi connectivity index (χ1v) is 10.5. The molecule has 0 radical (unpaired) electrons. The zero-order chi connectivity index (χ0) is 21.1. The van der Waals surface area contributed by atoms with Crippen molar-refractivity contribution in [2.75, 3.05) is 13.1 Å². The van der Waals surface area contributed by atoms with Crippen LogP contribution in [0.5, 0.6) is 11.5 Å². The molecule has 1 N–H and O–H groups in total. The summed E-state index contributed by atoms with van der Waals surface area (Å²) in [6.45, 7) is 11.2. The van der Waals surface area contributed by atoms with Crippen LogP contribution in [0.25, 0.3) is 6.08 Å². The second-order valence-corrected chi connectivity index (χ2v) is 8.91. The predicted molar refractivity (Wildman–Crippen MR) is 114 cm³/mol. The number of carbonyl (C=O) groups is 1. The minimum atomic E-state index is -0.213. The Balaban J connectivity index is 1.94. The molecule has 1 aliphatic rings. The highest BCUT2D eigenvalue weighted by atomic mass is 35.5. The van der Waals surface area contributed by atoms with E-state index >= 15 is 0 Å². The van der Waals surface area contributed by atoms with Gasteiger partial charge in [-0.15, -0.1) is 0 Å². The highest BCUT2D eigenvalue weighted by Gasteiger charge is 2.31. The van der Waals surface area contributed by atoms with Crippen LogP contribution in [0, 0.1) is 11.8 Å². The number of halogens is 1. The molecular formula is C24H28ClNO3. The van der Waals surface area contributed by atoms with Gasteiger partial charge in [0.15, 0.2) is 5.76 Å². The molecule has 0 fully saturated rings. The lowest BCUT2D eigenvalue weighted by molar-refractivity contribution is -0.919. The third-order valence-electron chi connectivity index (χ3n) is 4.91. The quantitative estimate of drug-likeness (QED) is 0.704. The zero-order valence-electron chi connectivity index (χ0n) is 17.4. The van der Waals surface area contributed by atoms with Gasteiger partial charge in [0.2, 0.25) is 5.78 Å². The number of ketones is 1. The van der Waals surface area contributed by atoms with E-state index in [1.54, 1.807) is 18.2 Å². The maximum atomic E-state index is 12.9. The average molecular weight is 414 g/mol. The molecule has 0 atom stereocenters. The van der Waals surface area contributed by atoms with Crippen molar-refractivity contribution in [1.29, 1.82) is 0 Å². The number of fused-ring (bicyclic) bond motifs is 1. The van der Waals surface area contributed by atoms with Crippen LogP contribution in [0.2, 0.25) is 5.02 Å². The maximum absolute atomic E-state index is 12.9. The molecule has 1 heterocycles. The third-order valence-corrected chi connectivity index (χ3v) is 5.25. The van der Waals surface area contributed by atoms with Gasteiger partial charge >= 0.3 is 0 Å². The number of ether oxygens (including phenoxy) is 1. The number of rotatable bonds is 7. The normalized spacial score (nSPS) is 14.9. The minimum absolute atomic E-state index is 0.0828. The largest absolute Gasteiger partial charge is 0.872 e. The number of nitrogens with one attached hydrogen (secondary N) is 1. The van der Waals surface area contributed by atoms with E-state index < -0.39 is 0 Å². The van der Waals surface area contributed by atoms with Crippen LogP contribution < -0.4 is 14.7 Å². The predicted octanol–water partition coefficient (Wildman–Crippen LogP) is 3.73. The first kappa shape index (κ1) is 21.4. The molecule has 29 heavy (non-hydrogen) atoms. The second kappa shape index (κ2) is 9.02. The van der Waals surface area contributed by atoms with Crippen LogP contribution in [-0.2, 0) is 6.54 Å². The van der Waals surface area contributed by atoms with Gasteiger partial charge in [-0.05, 0) is 23.8 Å². The second-order valence-electron chi connectivity index (χ2n) is 8.50.